The van der Waals surface area contributed by atoms with Crippen LogP contribution in [0.25, 0.3) is 0 Å². The van der Waals surface area contributed by atoms with Crippen LogP contribution in [0.5, 0.6) is 0 Å². The molecule has 0 spiro atoms. The molecular formula is C13H17NO3S. The summed E-state index contributed by atoms with van der Waals surface area (Å²) in [6.45, 7) is 1.43. The van der Waals surface area contributed by atoms with Crippen molar-refractivity contribution in [2.24, 2.45) is 0 Å². The predicted octanol–water partition coefficient (Wildman–Crippen LogP) is 2.25. The number of hydrogen-bond acceptors (Lipinski definition) is 3. The van der Waals surface area contributed by atoms with Gasteiger partial charge in [0, 0.05) is 11.8 Å². The highest BCUT2D eigenvalue weighted by atomic mass is 32.1. The molecule has 98 valence electrons. The largest absolute Gasteiger partial charge is 0.465 e. The van der Waals surface area contributed by atoms with Crippen molar-refractivity contribution in [2.45, 2.75) is 24.3 Å². The van der Waals surface area contributed by atoms with Gasteiger partial charge in [0.05, 0.1) is 19.3 Å². The number of hydrogen-bond donors (Lipinski definition) is 2. The molecule has 1 N–H and O–H groups in total. The molecule has 0 bridgehead atoms. The molecule has 2 atom stereocenters. The van der Waals surface area contributed by atoms with Crippen LogP contribution in [0.4, 0.5) is 4.79 Å². The molecule has 5 heteroatoms. The highest BCUT2D eigenvalue weighted by Crippen LogP contribution is 2.22. The van der Waals surface area contributed by atoms with E-state index < -0.39 is 6.09 Å². The van der Waals surface area contributed by atoms with E-state index in [2.05, 4.69) is 12.6 Å². The summed E-state index contributed by atoms with van der Waals surface area (Å²) < 4.78 is 5.59. The standard InChI is InChI=1S/C13H17NO3S/c15-13(16)14-7-12(18)6-11(14)9-17-8-10-4-2-1-3-5-10/h1-5,11-12,18H,6-9H2,(H,15,16)/t11-,12+/m0/s1. The lowest BCUT2D eigenvalue weighted by molar-refractivity contribution is 0.0643. The third-order valence-corrected chi connectivity index (χ3v) is 3.43. The average molecular weight is 267 g/mol. The Morgan fingerprint density at radius 3 is 2.83 bits per heavy atom. The first-order valence-corrected chi connectivity index (χ1v) is 6.47. The van der Waals surface area contributed by atoms with Crippen molar-refractivity contribution in [2.75, 3.05) is 13.2 Å². The highest BCUT2D eigenvalue weighted by molar-refractivity contribution is 7.81. The molecule has 1 aliphatic rings. The number of nitrogens with zero attached hydrogens (tertiary/aromatic N) is 1. The number of carboxylic acid groups (broad SMARTS) is 1. The van der Waals surface area contributed by atoms with Gasteiger partial charge in [-0.15, -0.1) is 0 Å². The van der Waals surface area contributed by atoms with E-state index in [9.17, 15) is 4.79 Å². The Bertz CT molecular complexity index is 398. The van der Waals surface area contributed by atoms with Crippen LogP contribution in [0.15, 0.2) is 30.3 Å². The minimum Gasteiger partial charge on any atom is -0.465 e. The zero-order valence-electron chi connectivity index (χ0n) is 10.0. The lowest BCUT2D eigenvalue weighted by Crippen LogP contribution is -2.37. The maximum Gasteiger partial charge on any atom is 0.407 e. The molecule has 0 aromatic heterocycles. The molecule has 0 aliphatic carbocycles. The van der Waals surface area contributed by atoms with Crippen molar-refractivity contribution >= 4 is 18.7 Å². The first kappa shape index (κ1) is 13.2. The fourth-order valence-electron chi connectivity index (χ4n) is 2.17. The van der Waals surface area contributed by atoms with E-state index in [1.165, 1.54) is 4.90 Å². The van der Waals surface area contributed by atoms with Crippen molar-refractivity contribution in [3.63, 3.8) is 0 Å². The number of rotatable bonds is 4. The van der Waals surface area contributed by atoms with Gasteiger partial charge in [0.2, 0.25) is 0 Å². The van der Waals surface area contributed by atoms with Crippen molar-refractivity contribution in [1.82, 2.24) is 4.90 Å². The minimum atomic E-state index is -0.889. The Kier molecular flexibility index (Phi) is 4.49. The second-order valence-electron chi connectivity index (χ2n) is 4.48. The summed E-state index contributed by atoms with van der Waals surface area (Å²) in [4.78, 5) is 12.4. The number of benzene rings is 1. The normalized spacial score (nSPS) is 23.3. The van der Waals surface area contributed by atoms with E-state index in [1.54, 1.807) is 0 Å². The van der Waals surface area contributed by atoms with Crippen molar-refractivity contribution < 1.29 is 14.6 Å². The summed E-state index contributed by atoms with van der Waals surface area (Å²) in [6.07, 6.45) is -0.135. The summed E-state index contributed by atoms with van der Waals surface area (Å²) in [6, 6.07) is 9.78. The maximum absolute atomic E-state index is 11.0. The zero-order valence-corrected chi connectivity index (χ0v) is 10.9. The number of carbonyl (C=O) groups is 1. The van der Waals surface area contributed by atoms with Crippen LogP contribution in [-0.2, 0) is 11.3 Å². The van der Waals surface area contributed by atoms with Gasteiger partial charge in [-0.25, -0.2) is 4.79 Å². The van der Waals surface area contributed by atoms with E-state index in [4.69, 9.17) is 9.84 Å². The minimum absolute atomic E-state index is 0.0753. The molecule has 1 saturated heterocycles. The van der Waals surface area contributed by atoms with Crippen LogP contribution in [0, 0.1) is 0 Å². The molecule has 1 heterocycles. The van der Waals surface area contributed by atoms with Gasteiger partial charge in [0.1, 0.15) is 0 Å². The lowest BCUT2D eigenvalue weighted by Gasteiger charge is -2.21. The van der Waals surface area contributed by atoms with Gasteiger partial charge in [-0.05, 0) is 12.0 Å². The Balaban J connectivity index is 1.81. The number of likely N-dealkylation sites (tertiary alicyclic amines) is 1. The molecule has 0 saturated carbocycles. The summed E-state index contributed by atoms with van der Waals surface area (Å²) in [5.74, 6) is 0. The van der Waals surface area contributed by atoms with Crippen molar-refractivity contribution in [1.29, 1.82) is 0 Å². The second-order valence-corrected chi connectivity index (χ2v) is 5.21. The quantitative estimate of drug-likeness (QED) is 0.823. The first-order chi connectivity index (χ1) is 8.66. The molecular weight excluding hydrogens is 250 g/mol. The van der Waals surface area contributed by atoms with Gasteiger partial charge in [-0.2, -0.15) is 12.6 Å². The van der Waals surface area contributed by atoms with Gasteiger partial charge in [-0.1, -0.05) is 30.3 Å². The molecule has 1 aromatic carbocycles. The van der Waals surface area contributed by atoms with Gasteiger partial charge in [0.25, 0.3) is 0 Å². The van der Waals surface area contributed by atoms with Crippen LogP contribution in [0.1, 0.15) is 12.0 Å². The maximum atomic E-state index is 11.0. The molecule has 0 radical (unpaired) electrons. The summed E-state index contributed by atoms with van der Waals surface area (Å²) in [5.41, 5.74) is 1.10. The third kappa shape index (κ3) is 3.40. The smallest absolute Gasteiger partial charge is 0.407 e. The van der Waals surface area contributed by atoms with E-state index in [-0.39, 0.29) is 11.3 Å². The van der Waals surface area contributed by atoms with Crippen LogP contribution in [0.2, 0.25) is 0 Å². The zero-order chi connectivity index (χ0) is 13.0. The summed E-state index contributed by atoms with van der Waals surface area (Å²) in [5, 5.41) is 9.17. The number of ether oxygens (including phenoxy) is 1. The monoisotopic (exact) mass is 267 g/mol. The first-order valence-electron chi connectivity index (χ1n) is 5.96. The van der Waals surface area contributed by atoms with E-state index in [1.807, 2.05) is 30.3 Å². The van der Waals surface area contributed by atoms with E-state index >= 15 is 0 Å². The highest BCUT2D eigenvalue weighted by Gasteiger charge is 2.33. The topological polar surface area (TPSA) is 49.8 Å². The molecule has 1 aromatic rings. The van der Waals surface area contributed by atoms with Gasteiger partial charge < -0.3 is 14.7 Å². The van der Waals surface area contributed by atoms with Gasteiger partial charge in [0.15, 0.2) is 0 Å². The Labute approximate surface area is 112 Å². The van der Waals surface area contributed by atoms with Crippen molar-refractivity contribution in [3.05, 3.63) is 35.9 Å². The van der Waals surface area contributed by atoms with Gasteiger partial charge in [-0.3, -0.25) is 0 Å². The molecule has 1 aliphatic heterocycles. The van der Waals surface area contributed by atoms with E-state index in [0.717, 1.165) is 12.0 Å². The molecule has 1 amide bonds. The predicted molar refractivity (Wildman–Crippen MR) is 72.0 cm³/mol. The van der Waals surface area contributed by atoms with Crippen LogP contribution >= 0.6 is 12.6 Å². The fourth-order valence-corrected chi connectivity index (χ4v) is 2.59. The summed E-state index contributed by atoms with van der Waals surface area (Å²) >= 11 is 4.34. The second kappa shape index (κ2) is 6.11. The number of amides is 1. The van der Waals surface area contributed by atoms with Crippen LogP contribution < -0.4 is 0 Å². The Hall–Kier alpha value is -1.20. The SMILES string of the molecule is O=C(O)N1C[C@H](S)C[C@H]1COCc1ccccc1. The molecule has 1 fully saturated rings. The number of thiol groups is 1. The van der Waals surface area contributed by atoms with Gasteiger partial charge >= 0.3 is 6.09 Å². The molecule has 2 rings (SSSR count). The Morgan fingerprint density at radius 2 is 2.17 bits per heavy atom. The van der Waals surface area contributed by atoms with Crippen LogP contribution in [-0.4, -0.2) is 40.5 Å². The van der Waals surface area contributed by atoms with Crippen LogP contribution in [0.3, 0.4) is 0 Å². The molecule has 0 unspecified atom stereocenters. The molecule has 4 nitrogen and oxygen atoms in total. The van der Waals surface area contributed by atoms with E-state index in [0.29, 0.717) is 19.8 Å². The molecule has 18 heavy (non-hydrogen) atoms. The Morgan fingerprint density at radius 1 is 1.44 bits per heavy atom. The fraction of sp³-hybridized carbons (Fsp3) is 0.462. The average Bonchev–Trinajstić information content (AvgIpc) is 2.72. The third-order valence-electron chi connectivity index (χ3n) is 3.06. The summed E-state index contributed by atoms with van der Waals surface area (Å²) in [7, 11) is 0. The lowest BCUT2D eigenvalue weighted by atomic mass is 10.2. The van der Waals surface area contributed by atoms with Crippen molar-refractivity contribution in [3.8, 4) is 0 Å².